The molecule has 0 fully saturated rings. The molecule has 4 aromatic rings. The predicted molar refractivity (Wildman–Crippen MR) is 193 cm³/mol. The molecule has 2 atom stereocenters. The molecule has 2 aliphatic carbocycles. The first-order chi connectivity index (χ1) is 24.2. The molecule has 270 valence electrons. The average Bonchev–Trinajstić information content (AvgIpc) is 3.53. The van der Waals surface area contributed by atoms with Crippen LogP contribution < -0.4 is 10.6 Å². The lowest BCUT2D eigenvalue weighted by Gasteiger charge is -2.19. The van der Waals surface area contributed by atoms with E-state index in [1.165, 1.54) is 47.8 Å². The summed E-state index contributed by atoms with van der Waals surface area (Å²) in [6.45, 7) is 13.1. The Kier molecular flexibility index (Phi) is 11.3. The van der Waals surface area contributed by atoms with Gasteiger partial charge < -0.3 is 10.6 Å². The number of hydrogen-bond acceptors (Lipinski definition) is 4. The van der Waals surface area contributed by atoms with E-state index >= 15 is 0 Å². The molecule has 1 unspecified atom stereocenters. The second kappa shape index (κ2) is 15.3. The van der Waals surface area contributed by atoms with Gasteiger partial charge in [0.05, 0.1) is 11.1 Å². The molecule has 0 radical (unpaired) electrons. The predicted octanol–water partition coefficient (Wildman–Crippen LogP) is 11.3. The summed E-state index contributed by atoms with van der Waals surface area (Å²) in [5, 5.41) is 5.71. The zero-order valence-electron chi connectivity index (χ0n) is 30.0. The van der Waals surface area contributed by atoms with E-state index in [9.17, 15) is 27.2 Å². The fourth-order valence-electron chi connectivity index (χ4n) is 7.95. The smallest absolute Gasteiger partial charge is 0.281 e. The van der Waals surface area contributed by atoms with Crippen molar-refractivity contribution in [2.45, 2.75) is 109 Å². The Hall–Kier alpha value is -4.60. The van der Waals surface area contributed by atoms with Crippen molar-refractivity contribution in [2.24, 2.45) is 0 Å². The van der Waals surface area contributed by atoms with E-state index < -0.39 is 36.1 Å². The van der Waals surface area contributed by atoms with Crippen LogP contribution in [0.15, 0.2) is 73.1 Å². The Morgan fingerprint density at radius 3 is 1.53 bits per heavy atom. The molecule has 0 saturated heterocycles. The van der Waals surface area contributed by atoms with Crippen molar-refractivity contribution in [3.63, 3.8) is 0 Å². The summed E-state index contributed by atoms with van der Waals surface area (Å²) in [7, 11) is 0. The zero-order chi connectivity index (χ0) is 37.1. The molecule has 10 heteroatoms. The summed E-state index contributed by atoms with van der Waals surface area (Å²) in [5.74, 6) is -0.368. The highest BCUT2D eigenvalue weighted by atomic mass is 19.3. The van der Waals surface area contributed by atoms with Gasteiger partial charge >= 0.3 is 0 Å². The van der Waals surface area contributed by atoms with Gasteiger partial charge in [-0.15, -0.1) is 0 Å². The number of alkyl halides is 4. The number of anilines is 2. The minimum absolute atomic E-state index is 0.0400. The molecule has 2 heterocycles. The van der Waals surface area contributed by atoms with Crippen molar-refractivity contribution in [1.29, 1.82) is 0 Å². The minimum atomic E-state index is -2.79. The van der Waals surface area contributed by atoms with Crippen LogP contribution in [0.2, 0.25) is 0 Å². The van der Waals surface area contributed by atoms with Gasteiger partial charge in [-0.25, -0.2) is 17.6 Å². The van der Waals surface area contributed by atoms with Crippen molar-refractivity contribution >= 4 is 23.2 Å². The summed E-state index contributed by atoms with van der Waals surface area (Å²) in [6, 6.07) is 17.5. The normalized spacial score (nSPS) is 18.1. The lowest BCUT2D eigenvalue weighted by atomic mass is 9.85. The van der Waals surface area contributed by atoms with Crippen molar-refractivity contribution in [2.75, 3.05) is 10.6 Å². The molecular weight excluding hydrogens is 656 g/mol. The maximum Gasteiger partial charge on any atom is 0.281 e. The van der Waals surface area contributed by atoms with E-state index in [1.54, 1.807) is 0 Å². The fraction of sp³-hybridized carbons (Fsp3) is 0.415. The zero-order valence-corrected chi connectivity index (χ0v) is 30.0. The Morgan fingerprint density at radius 1 is 0.686 bits per heavy atom. The number of fused-ring (bicyclic) bond motifs is 2. The SMILES string of the molecule is CCCC1CC(C)(C)c2cccc(NC(=O)c3cccnc3C(F)F)c21.CC[C@@H]1CC(C)(C)c2cccc(NC(=O)c3cccnc3C(F)F)c21. The molecule has 0 spiro atoms. The topological polar surface area (TPSA) is 84.0 Å². The fourth-order valence-corrected chi connectivity index (χ4v) is 7.95. The summed E-state index contributed by atoms with van der Waals surface area (Å²) in [6.07, 6.45) is 2.08. The molecule has 0 aliphatic heterocycles. The first-order valence-corrected chi connectivity index (χ1v) is 17.6. The summed E-state index contributed by atoms with van der Waals surface area (Å²) >= 11 is 0. The van der Waals surface area contributed by atoms with Gasteiger partial charge in [-0.1, -0.05) is 72.2 Å². The first kappa shape index (κ1) is 37.7. The highest BCUT2D eigenvalue weighted by molar-refractivity contribution is 6.06. The van der Waals surface area contributed by atoms with Crippen LogP contribution in [-0.4, -0.2) is 21.8 Å². The van der Waals surface area contributed by atoms with Crippen molar-refractivity contribution in [3.8, 4) is 0 Å². The number of hydrogen-bond donors (Lipinski definition) is 2. The number of rotatable bonds is 9. The minimum Gasteiger partial charge on any atom is -0.322 e. The average molecular weight is 703 g/mol. The summed E-state index contributed by atoms with van der Waals surface area (Å²) in [4.78, 5) is 32.6. The van der Waals surface area contributed by atoms with Gasteiger partial charge in [0.25, 0.3) is 24.7 Å². The van der Waals surface area contributed by atoms with E-state index in [4.69, 9.17) is 0 Å². The van der Waals surface area contributed by atoms with Crippen LogP contribution >= 0.6 is 0 Å². The molecule has 0 saturated carbocycles. The Morgan fingerprint density at radius 2 is 1.12 bits per heavy atom. The number of amides is 2. The number of carbonyl (C=O) groups is 2. The number of nitrogens with one attached hydrogen (secondary N) is 2. The number of carbonyl (C=O) groups excluding carboxylic acids is 2. The van der Waals surface area contributed by atoms with Crippen LogP contribution in [0, 0.1) is 0 Å². The molecular formula is C41H46F4N4O2. The molecule has 6 nitrogen and oxygen atoms in total. The van der Waals surface area contributed by atoms with Crippen molar-refractivity contribution in [3.05, 3.63) is 118 Å². The Bertz CT molecular complexity index is 1890. The van der Waals surface area contributed by atoms with Gasteiger partial charge in [-0.3, -0.25) is 19.6 Å². The van der Waals surface area contributed by atoms with Crippen LogP contribution in [-0.2, 0) is 10.8 Å². The largest absolute Gasteiger partial charge is 0.322 e. The Balaban J connectivity index is 0.000000198. The number of halogens is 4. The maximum absolute atomic E-state index is 13.2. The molecule has 2 amide bonds. The maximum atomic E-state index is 13.2. The van der Waals surface area contributed by atoms with Gasteiger partial charge in [0.1, 0.15) is 11.4 Å². The highest BCUT2D eigenvalue weighted by Crippen LogP contribution is 2.51. The molecule has 2 aliphatic rings. The van der Waals surface area contributed by atoms with Gasteiger partial charge in [0, 0.05) is 23.8 Å². The highest BCUT2D eigenvalue weighted by Gasteiger charge is 2.39. The van der Waals surface area contributed by atoms with E-state index in [2.05, 4.69) is 74.3 Å². The van der Waals surface area contributed by atoms with E-state index in [-0.39, 0.29) is 22.0 Å². The first-order valence-electron chi connectivity index (χ1n) is 17.6. The van der Waals surface area contributed by atoms with Crippen LogP contribution in [0.5, 0.6) is 0 Å². The van der Waals surface area contributed by atoms with Gasteiger partial charge in [-0.05, 0) is 107 Å². The quantitative estimate of drug-likeness (QED) is 0.170. The Labute approximate surface area is 297 Å². The number of aromatic nitrogens is 2. The monoisotopic (exact) mass is 702 g/mol. The van der Waals surface area contributed by atoms with Gasteiger partial charge in [0.2, 0.25) is 0 Å². The molecule has 2 aromatic carbocycles. The number of nitrogens with zero attached hydrogens (tertiary/aromatic N) is 2. The third-order valence-electron chi connectivity index (χ3n) is 10.2. The van der Waals surface area contributed by atoms with E-state index in [0.717, 1.165) is 48.9 Å². The standard InChI is InChI=1S/C21H24F2N2O.C20H22F2N2O/c1-4-7-13-12-21(2,3)15-9-5-10-16(17(13)15)25-20(26)14-8-6-11-24-18(14)19(22)23;1-4-12-11-20(2,3)14-8-5-9-15(16(12)14)24-19(25)13-7-6-10-23-17(13)18(21)22/h5-6,8-11,13,19H,4,7,12H2,1-3H3,(H,25,26);5-10,12,18H,4,11H2,1-3H3,(H,24,25)/t;12-/m.1/s1. The second-order valence-electron chi connectivity index (χ2n) is 14.7. The van der Waals surface area contributed by atoms with Crippen LogP contribution in [0.25, 0.3) is 0 Å². The van der Waals surface area contributed by atoms with Crippen molar-refractivity contribution < 1.29 is 27.2 Å². The van der Waals surface area contributed by atoms with Crippen molar-refractivity contribution in [1.82, 2.24) is 9.97 Å². The van der Waals surface area contributed by atoms with E-state index in [0.29, 0.717) is 17.5 Å². The number of pyridine rings is 2. The van der Waals surface area contributed by atoms with Crippen LogP contribution in [0.3, 0.4) is 0 Å². The van der Waals surface area contributed by atoms with E-state index in [1.807, 2.05) is 24.3 Å². The molecule has 6 rings (SSSR count). The molecule has 2 aromatic heterocycles. The number of benzene rings is 2. The molecule has 0 bridgehead atoms. The van der Waals surface area contributed by atoms with Gasteiger partial charge in [0.15, 0.2) is 0 Å². The lowest BCUT2D eigenvalue weighted by Crippen LogP contribution is -2.17. The molecule has 2 N–H and O–H groups in total. The summed E-state index contributed by atoms with van der Waals surface area (Å²) < 4.78 is 52.6. The third kappa shape index (κ3) is 7.85. The van der Waals surface area contributed by atoms with Crippen LogP contribution in [0.1, 0.15) is 153 Å². The van der Waals surface area contributed by atoms with Crippen LogP contribution in [0.4, 0.5) is 28.9 Å². The van der Waals surface area contributed by atoms with Gasteiger partial charge in [-0.2, -0.15) is 0 Å². The third-order valence-corrected chi connectivity index (χ3v) is 10.2. The second-order valence-corrected chi connectivity index (χ2v) is 14.7. The summed E-state index contributed by atoms with van der Waals surface area (Å²) in [5.41, 5.74) is 5.11. The lowest BCUT2D eigenvalue weighted by molar-refractivity contribution is 0.0999. The molecule has 51 heavy (non-hydrogen) atoms.